The summed E-state index contributed by atoms with van der Waals surface area (Å²) >= 11 is 0. The fraction of sp³-hybridized carbons (Fsp3) is 0.182. The third-order valence-electron chi connectivity index (χ3n) is 4.58. The van der Waals surface area contributed by atoms with E-state index in [0.717, 1.165) is 17.1 Å². The Morgan fingerprint density at radius 2 is 1.68 bits per heavy atom. The lowest BCUT2D eigenvalue weighted by Gasteiger charge is -2.17. The number of hydrogen-bond acceptors (Lipinski definition) is 3. The third-order valence-corrected chi connectivity index (χ3v) is 4.58. The largest absolute Gasteiger partial charge is 0.452 e. The van der Waals surface area contributed by atoms with Crippen LogP contribution in [0.1, 0.15) is 21.7 Å². The van der Waals surface area contributed by atoms with E-state index < -0.39 is 5.97 Å². The van der Waals surface area contributed by atoms with Crippen LogP contribution < -0.4 is 4.90 Å². The van der Waals surface area contributed by atoms with Crippen molar-refractivity contribution in [1.29, 1.82) is 0 Å². The summed E-state index contributed by atoms with van der Waals surface area (Å²) in [5, 5.41) is 0. The van der Waals surface area contributed by atoms with Gasteiger partial charge in [-0.3, -0.25) is 4.79 Å². The number of benzene rings is 2. The molecule has 6 heteroatoms. The summed E-state index contributed by atoms with van der Waals surface area (Å²) in [6, 6.07) is 16.8. The molecule has 0 fully saturated rings. The number of anilines is 1. The molecule has 0 aliphatic heterocycles. The van der Waals surface area contributed by atoms with Crippen LogP contribution in [0.4, 0.5) is 10.1 Å². The second kappa shape index (κ2) is 8.08. The van der Waals surface area contributed by atoms with Crippen LogP contribution in [-0.4, -0.2) is 30.1 Å². The fourth-order valence-corrected chi connectivity index (χ4v) is 3.05. The standard InChI is InChI=1S/C22H21FN2O3/c1-15-13-20(16(2)25(15)19-11-9-17(23)10-12-19)22(27)28-14-21(26)24(3)18-7-5-4-6-8-18/h4-13H,14H2,1-3H3. The van der Waals surface area contributed by atoms with Crippen LogP contribution in [-0.2, 0) is 9.53 Å². The molecule has 1 heterocycles. The van der Waals surface area contributed by atoms with Gasteiger partial charge in [-0.1, -0.05) is 18.2 Å². The van der Waals surface area contributed by atoms with Gasteiger partial charge in [-0.05, 0) is 56.3 Å². The quantitative estimate of drug-likeness (QED) is 0.628. The predicted molar refractivity (Wildman–Crippen MR) is 105 cm³/mol. The molecule has 1 amide bonds. The summed E-state index contributed by atoms with van der Waals surface area (Å²) in [6.45, 7) is 3.27. The lowest BCUT2D eigenvalue weighted by Crippen LogP contribution is -2.31. The van der Waals surface area contributed by atoms with E-state index >= 15 is 0 Å². The number of hydrogen-bond donors (Lipinski definition) is 0. The van der Waals surface area contributed by atoms with Crippen molar-refractivity contribution < 1.29 is 18.7 Å². The summed E-state index contributed by atoms with van der Waals surface area (Å²) in [5.74, 6) is -1.23. The number of halogens is 1. The van der Waals surface area contributed by atoms with E-state index in [-0.39, 0.29) is 18.3 Å². The Balaban J connectivity index is 1.72. The van der Waals surface area contributed by atoms with Gasteiger partial charge in [-0.2, -0.15) is 0 Å². The Labute approximate surface area is 163 Å². The average Bonchev–Trinajstić information content (AvgIpc) is 3.01. The highest BCUT2D eigenvalue weighted by atomic mass is 19.1. The molecule has 0 unspecified atom stereocenters. The number of amides is 1. The minimum Gasteiger partial charge on any atom is -0.452 e. The van der Waals surface area contributed by atoms with Crippen LogP contribution in [0.2, 0.25) is 0 Å². The van der Waals surface area contributed by atoms with E-state index in [0.29, 0.717) is 11.3 Å². The van der Waals surface area contributed by atoms with E-state index in [1.165, 1.54) is 17.0 Å². The maximum atomic E-state index is 13.2. The third kappa shape index (κ3) is 3.96. The lowest BCUT2D eigenvalue weighted by molar-refractivity contribution is -0.121. The average molecular weight is 380 g/mol. The summed E-state index contributed by atoms with van der Waals surface area (Å²) < 4.78 is 20.3. The first-order valence-electron chi connectivity index (χ1n) is 8.82. The summed E-state index contributed by atoms with van der Waals surface area (Å²) in [4.78, 5) is 26.3. The van der Waals surface area contributed by atoms with Gasteiger partial charge in [-0.15, -0.1) is 0 Å². The van der Waals surface area contributed by atoms with Crippen LogP contribution in [0.15, 0.2) is 60.7 Å². The highest BCUT2D eigenvalue weighted by Gasteiger charge is 2.20. The molecule has 0 N–H and O–H groups in total. The summed E-state index contributed by atoms with van der Waals surface area (Å²) in [6.07, 6.45) is 0. The first kappa shape index (κ1) is 19.4. The van der Waals surface area contributed by atoms with Crippen molar-refractivity contribution in [2.24, 2.45) is 0 Å². The molecule has 0 atom stereocenters. The van der Waals surface area contributed by atoms with Crippen molar-refractivity contribution in [3.05, 3.63) is 83.4 Å². The molecule has 0 aliphatic carbocycles. The van der Waals surface area contributed by atoms with E-state index in [1.54, 1.807) is 44.3 Å². The van der Waals surface area contributed by atoms with Gasteiger partial charge in [0, 0.05) is 29.8 Å². The highest BCUT2D eigenvalue weighted by Crippen LogP contribution is 2.22. The van der Waals surface area contributed by atoms with E-state index in [2.05, 4.69) is 0 Å². The predicted octanol–water partition coefficient (Wildman–Crippen LogP) is 4.05. The Bertz CT molecular complexity index is 995. The van der Waals surface area contributed by atoms with Gasteiger partial charge < -0.3 is 14.2 Å². The van der Waals surface area contributed by atoms with E-state index in [1.807, 2.05) is 29.7 Å². The smallest absolute Gasteiger partial charge is 0.340 e. The monoisotopic (exact) mass is 380 g/mol. The number of carbonyl (C=O) groups is 2. The molecule has 0 aliphatic rings. The minimum absolute atomic E-state index is 0.327. The van der Waals surface area contributed by atoms with Crippen molar-refractivity contribution in [2.45, 2.75) is 13.8 Å². The van der Waals surface area contributed by atoms with E-state index in [4.69, 9.17) is 4.74 Å². The van der Waals surface area contributed by atoms with Crippen molar-refractivity contribution in [3.63, 3.8) is 0 Å². The van der Waals surface area contributed by atoms with Gasteiger partial charge in [-0.25, -0.2) is 9.18 Å². The van der Waals surface area contributed by atoms with Gasteiger partial charge >= 0.3 is 5.97 Å². The molecular formula is C22H21FN2O3. The Morgan fingerprint density at radius 1 is 1.04 bits per heavy atom. The van der Waals surface area contributed by atoms with Crippen LogP contribution in [0.5, 0.6) is 0 Å². The molecule has 144 valence electrons. The molecule has 0 radical (unpaired) electrons. The van der Waals surface area contributed by atoms with Crippen LogP contribution in [0.3, 0.4) is 0 Å². The van der Waals surface area contributed by atoms with Crippen molar-refractivity contribution in [3.8, 4) is 5.69 Å². The zero-order valence-corrected chi connectivity index (χ0v) is 16.0. The lowest BCUT2D eigenvalue weighted by atomic mass is 10.2. The molecule has 5 nitrogen and oxygen atoms in total. The van der Waals surface area contributed by atoms with Crippen molar-refractivity contribution in [1.82, 2.24) is 4.57 Å². The number of ether oxygens (including phenoxy) is 1. The maximum Gasteiger partial charge on any atom is 0.340 e. The molecular weight excluding hydrogens is 359 g/mol. The fourth-order valence-electron chi connectivity index (χ4n) is 3.05. The summed E-state index contributed by atoms with van der Waals surface area (Å²) in [5.41, 5.74) is 3.31. The molecule has 0 saturated carbocycles. The second-order valence-electron chi connectivity index (χ2n) is 6.46. The molecule has 0 saturated heterocycles. The normalized spacial score (nSPS) is 10.6. The van der Waals surface area contributed by atoms with Gasteiger partial charge in [0.2, 0.25) is 0 Å². The molecule has 1 aromatic heterocycles. The number of esters is 1. The Kier molecular flexibility index (Phi) is 5.59. The van der Waals surface area contributed by atoms with Gasteiger partial charge in [0.1, 0.15) is 5.82 Å². The summed E-state index contributed by atoms with van der Waals surface area (Å²) in [7, 11) is 1.63. The molecule has 0 spiro atoms. The molecule has 28 heavy (non-hydrogen) atoms. The molecule has 0 bridgehead atoms. The van der Waals surface area contributed by atoms with Crippen LogP contribution >= 0.6 is 0 Å². The number of carbonyl (C=O) groups excluding carboxylic acids is 2. The van der Waals surface area contributed by atoms with Gasteiger partial charge in [0.05, 0.1) is 5.56 Å². The Hall–Kier alpha value is -3.41. The van der Waals surface area contributed by atoms with Crippen molar-refractivity contribution in [2.75, 3.05) is 18.6 Å². The first-order chi connectivity index (χ1) is 13.4. The minimum atomic E-state index is -0.573. The number of para-hydroxylation sites is 1. The number of aryl methyl sites for hydroxylation is 1. The van der Waals surface area contributed by atoms with E-state index in [9.17, 15) is 14.0 Å². The number of rotatable bonds is 5. The van der Waals surface area contributed by atoms with Crippen LogP contribution in [0.25, 0.3) is 5.69 Å². The van der Waals surface area contributed by atoms with Crippen molar-refractivity contribution >= 4 is 17.6 Å². The van der Waals surface area contributed by atoms with Gasteiger partial charge in [0.15, 0.2) is 6.61 Å². The van der Waals surface area contributed by atoms with Crippen LogP contribution in [0, 0.1) is 19.7 Å². The number of nitrogens with zero attached hydrogens (tertiary/aromatic N) is 2. The zero-order chi connectivity index (χ0) is 20.3. The topological polar surface area (TPSA) is 51.5 Å². The molecule has 3 rings (SSSR count). The first-order valence-corrected chi connectivity index (χ1v) is 8.82. The Morgan fingerprint density at radius 3 is 2.32 bits per heavy atom. The SMILES string of the molecule is Cc1cc(C(=O)OCC(=O)N(C)c2ccccc2)c(C)n1-c1ccc(F)cc1. The molecule has 2 aromatic carbocycles. The zero-order valence-electron chi connectivity index (χ0n) is 16.0. The number of aromatic nitrogens is 1. The van der Waals surface area contributed by atoms with Gasteiger partial charge in [0.25, 0.3) is 5.91 Å². The maximum absolute atomic E-state index is 13.2. The second-order valence-corrected chi connectivity index (χ2v) is 6.46. The highest BCUT2D eigenvalue weighted by molar-refractivity contribution is 5.97. The molecule has 3 aromatic rings. The number of likely N-dealkylation sites (N-methyl/N-ethyl adjacent to an activating group) is 1.